The first-order chi connectivity index (χ1) is 11.5. The molecular weight excluding hydrogens is 335 g/mol. The summed E-state index contributed by atoms with van der Waals surface area (Å²) in [4.78, 5) is 16.6. The van der Waals surface area contributed by atoms with Gasteiger partial charge in [-0.2, -0.15) is 0 Å². The second-order valence-corrected chi connectivity index (χ2v) is 5.72. The second-order valence-electron chi connectivity index (χ2n) is 5.28. The van der Waals surface area contributed by atoms with Crippen LogP contribution >= 0.6 is 11.6 Å². The second kappa shape index (κ2) is 6.98. The number of aliphatic hydroxyl groups excluding tert-OH is 1. The lowest BCUT2D eigenvalue weighted by Crippen LogP contribution is -2.30. The average Bonchev–Trinajstić information content (AvgIpc) is 2.57. The number of rotatable bonds is 5. The standard InChI is InChI=1S/C17H14ClFN2O3/c18-11-1-6-16-15(7-11)17(23)21(10-20-16)8-13(22)9-24-14-4-2-12(19)3-5-14/h1-7,10,13,22H,8-9H2. The molecule has 7 heteroatoms. The number of hydrogen-bond donors (Lipinski definition) is 1. The summed E-state index contributed by atoms with van der Waals surface area (Å²) in [7, 11) is 0. The fraction of sp³-hybridized carbons (Fsp3) is 0.176. The summed E-state index contributed by atoms with van der Waals surface area (Å²) < 4.78 is 19.5. The van der Waals surface area contributed by atoms with Crippen LogP contribution in [0.2, 0.25) is 5.02 Å². The van der Waals surface area contributed by atoms with E-state index in [0.29, 0.717) is 21.7 Å². The van der Waals surface area contributed by atoms with Crippen molar-refractivity contribution in [2.24, 2.45) is 0 Å². The highest BCUT2D eigenvalue weighted by Gasteiger charge is 2.10. The Morgan fingerprint density at radius 1 is 1.25 bits per heavy atom. The molecular formula is C17H14ClFN2O3. The van der Waals surface area contributed by atoms with Crippen LogP contribution in [0.1, 0.15) is 0 Å². The third-order valence-electron chi connectivity index (χ3n) is 3.45. The minimum absolute atomic E-state index is 0.0233. The number of aromatic nitrogens is 2. The van der Waals surface area contributed by atoms with Gasteiger partial charge in [0.15, 0.2) is 0 Å². The molecule has 3 rings (SSSR count). The van der Waals surface area contributed by atoms with Gasteiger partial charge in [0.1, 0.15) is 24.3 Å². The van der Waals surface area contributed by atoms with Crippen LogP contribution in [0, 0.1) is 5.82 Å². The first-order valence-corrected chi connectivity index (χ1v) is 7.62. The molecule has 1 heterocycles. The van der Waals surface area contributed by atoms with Gasteiger partial charge in [-0.3, -0.25) is 9.36 Å². The molecule has 124 valence electrons. The molecule has 1 unspecified atom stereocenters. The molecule has 2 aromatic carbocycles. The molecule has 1 atom stereocenters. The highest BCUT2D eigenvalue weighted by Crippen LogP contribution is 2.14. The summed E-state index contributed by atoms with van der Waals surface area (Å²) in [6.45, 7) is -0.0128. The highest BCUT2D eigenvalue weighted by atomic mass is 35.5. The van der Waals surface area contributed by atoms with E-state index in [9.17, 15) is 14.3 Å². The van der Waals surface area contributed by atoms with Crippen molar-refractivity contribution < 1.29 is 14.2 Å². The molecule has 0 spiro atoms. The van der Waals surface area contributed by atoms with E-state index in [1.54, 1.807) is 18.2 Å². The van der Waals surface area contributed by atoms with Gasteiger partial charge in [-0.15, -0.1) is 0 Å². The number of nitrogens with zero attached hydrogens (tertiary/aromatic N) is 2. The lowest BCUT2D eigenvalue weighted by atomic mass is 10.2. The van der Waals surface area contributed by atoms with E-state index in [-0.39, 0.29) is 24.5 Å². The zero-order valence-electron chi connectivity index (χ0n) is 12.5. The topological polar surface area (TPSA) is 64.4 Å². The molecule has 0 fully saturated rings. The quantitative estimate of drug-likeness (QED) is 0.770. The van der Waals surface area contributed by atoms with E-state index in [4.69, 9.17) is 16.3 Å². The van der Waals surface area contributed by atoms with Crippen molar-refractivity contribution in [2.75, 3.05) is 6.61 Å². The van der Waals surface area contributed by atoms with Crippen LogP contribution in [0.5, 0.6) is 5.75 Å². The molecule has 0 saturated heterocycles. The Labute approximate surface area is 141 Å². The van der Waals surface area contributed by atoms with E-state index >= 15 is 0 Å². The van der Waals surface area contributed by atoms with Gasteiger partial charge in [0, 0.05) is 5.02 Å². The number of aliphatic hydroxyl groups is 1. The van der Waals surface area contributed by atoms with Crippen molar-refractivity contribution in [3.8, 4) is 5.75 Å². The molecule has 0 amide bonds. The van der Waals surface area contributed by atoms with Gasteiger partial charge >= 0.3 is 0 Å². The van der Waals surface area contributed by atoms with Crippen molar-refractivity contribution in [3.63, 3.8) is 0 Å². The molecule has 0 radical (unpaired) electrons. The van der Waals surface area contributed by atoms with Crippen LogP contribution in [0.15, 0.2) is 53.6 Å². The molecule has 3 aromatic rings. The summed E-state index contributed by atoms with van der Waals surface area (Å²) in [5.41, 5.74) is 0.251. The lowest BCUT2D eigenvalue weighted by Gasteiger charge is -2.14. The monoisotopic (exact) mass is 348 g/mol. The maximum atomic E-state index is 12.8. The molecule has 0 aliphatic rings. The number of halogens is 2. The van der Waals surface area contributed by atoms with Crippen LogP contribution in [0.25, 0.3) is 10.9 Å². The molecule has 5 nitrogen and oxygen atoms in total. The first kappa shape index (κ1) is 16.4. The fourth-order valence-corrected chi connectivity index (χ4v) is 2.44. The smallest absolute Gasteiger partial charge is 0.261 e. The summed E-state index contributed by atoms with van der Waals surface area (Å²) >= 11 is 5.91. The predicted octanol–water partition coefficient (Wildman–Crippen LogP) is 2.63. The van der Waals surface area contributed by atoms with Gasteiger partial charge in [-0.25, -0.2) is 9.37 Å². The van der Waals surface area contributed by atoms with Crippen molar-refractivity contribution >= 4 is 22.5 Å². The third-order valence-corrected chi connectivity index (χ3v) is 3.68. The van der Waals surface area contributed by atoms with Crippen LogP contribution in [0.3, 0.4) is 0 Å². The van der Waals surface area contributed by atoms with E-state index in [1.165, 1.54) is 35.2 Å². The first-order valence-electron chi connectivity index (χ1n) is 7.24. The van der Waals surface area contributed by atoms with Crippen molar-refractivity contribution in [1.82, 2.24) is 9.55 Å². The number of ether oxygens (including phenoxy) is 1. The molecule has 24 heavy (non-hydrogen) atoms. The van der Waals surface area contributed by atoms with Gasteiger partial charge in [-0.1, -0.05) is 11.6 Å². The van der Waals surface area contributed by atoms with Crippen molar-refractivity contribution in [2.45, 2.75) is 12.6 Å². The van der Waals surface area contributed by atoms with Gasteiger partial charge < -0.3 is 9.84 Å². The number of fused-ring (bicyclic) bond motifs is 1. The van der Waals surface area contributed by atoms with Gasteiger partial charge in [0.05, 0.1) is 23.8 Å². The summed E-state index contributed by atoms with van der Waals surface area (Å²) in [5, 5.41) is 10.9. The van der Waals surface area contributed by atoms with Gasteiger partial charge in [0.2, 0.25) is 0 Å². The third kappa shape index (κ3) is 3.72. The lowest BCUT2D eigenvalue weighted by molar-refractivity contribution is 0.0914. The fourth-order valence-electron chi connectivity index (χ4n) is 2.26. The maximum absolute atomic E-state index is 12.8. The average molecular weight is 349 g/mol. The largest absolute Gasteiger partial charge is 0.491 e. The summed E-state index contributed by atoms with van der Waals surface area (Å²) in [5.74, 6) is 0.0709. The maximum Gasteiger partial charge on any atom is 0.261 e. The Kier molecular flexibility index (Phi) is 4.78. The Morgan fingerprint density at radius 3 is 2.75 bits per heavy atom. The molecule has 0 aliphatic heterocycles. The minimum Gasteiger partial charge on any atom is -0.491 e. The SMILES string of the molecule is O=c1c2cc(Cl)ccc2ncn1CC(O)COc1ccc(F)cc1. The van der Waals surface area contributed by atoms with Crippen LogP contribution in [-0.2, 0) is 6.54 Å². The van der Waals surface area contributed by atoms with E-state index in [0.717, 1.165) is 0 Å². The van der Waals surface area contributed by atoms with Gasteiger partial charge in [0.25, 0.3) is 5.56 Å². The predicted molar refractivity (Wildman–Crippen MR) is 88.9 cm³/mol. The zero-order valence-corrected chi connectivity index (χ0v) is 13.3. The number of benzene rings is 2. The van der Waals surface area contributed by atoms with Crippen LogP contribution in [-0.4, -0.2) is 27.4 Å². The van der Waals surface area contributed by atoms with Gasteiger partial charge in [-0.05, 0) is 42.5 Å². The molecule has 0 aliphatic carbocycles. The Morgan fingerprint density at radius 2 is 2.00 bits per heavy atom. The Hall–Kier alpha value is -2.44. The molecule has 1 aromatic heterocycles. The van der Waals surface area contributed by atoms with Crippen molar-refractivity contribution in [3.05, 3.63) is 70.0 Å². The summed E-state index contributed by atoms with van der Waals surface area (Å²) in [6, 6.07) is 10.3. The van der Waals surface area contributed by atoms with E-state index in [2.05, 4.69) is 4.98 Å². The van der Waals surface area contributed by atoms with E-state index < -0.39 is 6.10 Å². The highest BCUT2D eigenvalue weighted by molar-refractivity contribution is 6.31. The normalized spacial score (nSPS) is 12.3. The van der Waals surface area contributed by atoms with Crippen LogP contribution in [0.4, 0.5) is 4.39 Å². The molecule has 1 N–H and O–H groups in total. The summed E-state index contributed by atoms with van der Waals surface area (Å²) in [6.07, 6.45) is 0.450. The van der Waals surface area contributed by atoms with Crippen molar-refractivity contribution in [1.29, 1.82) is 0 Å². The Balaban J connectivity index is 1.71. The zero-order chi connectivity index (χ0) is 17.1. The molecule has 0 bridgehead atoms. The van der Waals surface area contributed by atoms with Crippen LogP contribution < -0.4 is 10.3 Å². The number of hydrogen-bond acceptors (Lipinski definition) is 4. The Bertz CT molecular complexity index is 912. The molecule has 0 saturated carbocycles. The van der Waals surface area contributed by atoms with E-state index in [1.807, 2.05) is 0 Å². The minimum atomic E-state index is -0.925.